The Bertz CT molecular complexity index is 622. The molecule has 1 heterocycles. The first-order valence-electron chi connectivity index (χ1n) is 11.7. The summed E-state index contributed by atoms with van der Waals surface area (Å²) in [6.07, 6.45) is 3.91. The molecule has 172 valence electrons. The third-order valence-electron chi connectivity index (χ3n) is 5.70. The minimum Gasteiger partial charge on any atom is -0.465 e. The molecule has 0 saturated carbocycles. The summed E-state index contributed by atoms with van der Waals surface area (Å²) in [7, 11) is 0. The van der Waals surface area contributed by atoms with Gasteiger partial charge in [0.05, 0.1) is 6.10 Å². The third-order valence-corrected chi connectivity index (χ3v) is 5.70. The zero-order valence-corrected chi connectivity index (χ0v) is 21.0. The van der Waals surface area contributed by atoms with E-state index in [1.54, 1.807) is 0 Å². The normalized spacial score (nSPS) is 18.8. The molecule has 0 aromatic heterocycles. The Morgan fingerprint density at radius 1 is 0.833 bits per heavy atom. The quantitative estimate of drug-likeness (QED) is 0.427. The van der Waals surface area contributed by atoms with Crippen LogP contribution in [0.5, 0.6) is 5.75 Å². The van der Waals surface area contributed by atoms with Crippen LogP contribution in [-0.4, -0.2) is 25.6 Å². The molecule has 1 aromatic carbocycles. The lowest BCUT2D eigenvalue weighted by Gasteiger charge is -2.36. The largest absolute Gasteiger partial charge is 0.465 e. The molecule has 1 aliphatic rings. The summed E-state index contributed by atoms with van der Waals surface area (Å²) in [4.78, 5) is 0. The van der Waals surface area contributed by atoms with Crippen LogP contribution in [0.2, 0.25) is 0 Å². The molecule has 2 unspecified atom stereocenters. The van der Waals surface area contributed by atoms with E-state index < -0.39 is 0 Å². The second kappa shape index (κ2) is 10.0. The zero-order valence-electron chi connectivity index (χ0n) is 21.0. The van der Waals surface area contributed by atoms with Gasteiger partial charge in [0.1, 0.15) is 5.75 Å². The van der Waals surface area contributed by atoms with Crippen LogP contribution in [-0.2, 0) is 9.47 Å². The van der Waals surface area contributed by atoms with Gasteiger partial charge in [-0.3, -0.25) is 0 Å². The van der Waals surface area contributed by atoms with Crippen molar-refractivity contribution >= 4 is 0 Å². The van der Waals surface area contributed by atoms with Gasteiger partial charge in [-0.2, -0.15) is 0 Å². The Kier molecular flexibility index (Phi) is 8.43. The predicted molar refractivity (Wildman–Crippen MR) is 126 cm³/mol. The molecule has 0 radical (unpaired) electrons. The molecule has 1 saturated heterocycles. The van der Waals surface area contributed by atoms with E-state index >= 15 is 0 Å². The van der Waals surface area contributed by atoms with E-state index in [0.29, 0.717) is 11.3 Å². The maximum absolute atomic E-state index is 6.37. The summed E-state index contributed by atoms with van der Waals surface area (Å²) in [6.45, 7) is 22.3. The van der Waals surface area contributed by atoms with Crippen molar-refractivity contribution in [3.63, 3.8) is 0 Å². The minimum atomic E-state index is -0.230. The maximum Gasteiger partial charge on any atom is 0.200 e. The summed E-state index contributed by atoms with van der Waals surface area (Å²) in [5.41, 5.74) is 2.04. The third kappa shape index (κ3) is 8.98. The van der Waals surface area contributed by atoms with Gasteiger partial charge in [0.2, 0.25) is 6.29 Å². The van der Waals surface area contributed by atoms with Crippen LogP contribution in [0, 0.1) is 16.2 Å². The van der Waals surface area contributed by atoms with E-state index in [0.717, 1.165) is 44.6 Å². The molecule has 1 fully saturated rings. The van der Waals surface area contributed by atoms with E-state index in [1.165, 1.54) is 5.56 Å². The number of hydrogen-bond acceptors (Lipinski definition) is 3. The lowest BCUT2D eigenvalue weighted by Crippen LogP contribution is -2.34. The van der Waals surface area contributed by atoms with E-state index in [2.05, 4.69) is 86.6 Å². The topological polar surface area (TPSA) is 27.7 Å². The van der Waals surface area contributed by atoms with Gasteiger partial charge < -0.3 is 14.2 Å². The second-order valence-corrected chi connectivity index (χ2v) is 12.5. The Balaban J connectivity index is 2.12. The molecular weight excluding hydrogens is 372 g/mol. The fraction of sp³-hybridized carbons (Fsp3) is 0.778. The number of benzene rings is 1. The molecule has 0 spiro atoms. The average molecular weight is 419 g/mol. The van der Waals surface area contributed by atoms with E-state index in [-0.39, 0.29) is 23.2 Å². The van der Waals surface area contributed by atoms with Gasteiger partial charge in [-0.1, -0.05) is 74.4 Å². The Morgan fingerprint density at radius 2 is 1.37 bits per heavy atom. The van der Waals surface area contributed by atoms with E-state index in [4.69, 9.17) is 14.2 Å². The van der Waals surface area contributed by atoms with Gasteiger partial charge in [0.25, 0.3) is 0 Å². The molecule has 0 amide bonds. The fourth-order valence-corrected chi connectivity index (χ4v) is 4.11. The fourth-order valence-electron chi connectivity index (χ4n) is 4.11. The smallest absolute Gasteiger partial charge is 0.200 e. The van der Waals surface area contributed by atoms with Crippen LogP contribution in [0.15, 0.2) is 24.3 Å². The lowest BCUT2D eigenvalue weighted by molar-refractivity contribution is -0.155. The van der Waals surface area contributed by atoms with Crippen molar-refractivity contribution in [2.75, 3.05) is 13.2 Å². The van der Waals surface area contributed by atoms with Crippen LogP contribution in [0.3, 0.4) is 0 Å². The van der Waals surface area contributed by atoms with E-state index in [1.807, 2.05) is 0 Å². The molecular formula is C27H46O3. The Hall–Kier alpha value is -1.06. The van der Waals surface area contributed by atoms with Crippen LogP contribution >= 0.6 is 0 Å². The van der Waals surface area contributed by atoms with Gasteiger partial charge >= 0.3 is 0 Å². The first kappa shape index (κ1) is 25.2. The predicted octanol–water partition coefficient (Wildman–Crippen LogP) is 7.59. The first-order valence-corrected chi connectivity index (χ1v) is 11.7. The summed E-state index contributed by atoms with van der Waals surface area (Å²) >= 11 is 0. The van der Waals surface area contributed by atoms with Crippen LogP contribution in [0.25, 0.3) is 0 Å². The Labute approximate surface area is 185 Å². The summed E-state index contributed by atoms with van der Waals surface area (Å²) < 4.78 is 18.2. The van der Waals surface area contributed by atoms with Gasteiger partial charge in [-0.05, 0) is 59.1 Å². The van der Waals surface area contributed by atoms with Crippen LogP contribution in [0.1, 0.15) is 99.5 Å². The average Bonchev–Trinajstić information content (AvgIpc) is 2.58. The van der Waals surface area contributed by atoms with Crippen molar-refractivity contribution in [1.29, 1.82) is 0 Å². The standard InChI is InChI=1S/C27H46O3/c1-25(2,3)18-23(27(7,8)9)20-10-12-21(13-11-20)29-24(19-26(4,5)6)30-22-14-16-28-17-15-22/h10-13,22-24H,14-19H2,1-9H3. The van der Waals surface area contributed by atoms with Crippen molar-refractivity contribution in [1.82, 2.24) is 0 Å². The number of rotatable bonds is 7. The highest BCUT2D eigenvalue weighted by Gasteiger charge is 2.30. The highest BCUT2D eigenvalue weighted by Crippen LogP contribution is 2.43. The molecule has 3 heteroatoms. The van der Waals surface area contributed by atoms with Gasteiger partial charge in [-0.15, -0.1) is 0 Å². The Morgan fingerprint density at radius 3 is 1.83 bits per heavy atom. The summed E-state index contributed by atoms with van der Waals surface area (Å²) in [6, 6.07) is 8.75. The molecule has 0 bridgehead atoms. The molecule has 0 aliphatic carbocycles. The molecule has 2 atom stereocenters. The van der Waals surface area contributed by atoms with Crippen molar-refractivity contribution in [2.45, 2.75) is 106 Å². The van der Waals surface area contributed by atoms with Gasteiger partial charge in [0, 0.05) is 19.6 Å². The highest BCUT2D eigenvalue weighted by molar-refractivity contribution is 5.30. The highest BCUT2D eigenvalue weighted by atomic mass is 16.7. The van der Waals surface area contributed by atoms with Crippen molar-refractivity contribution < 1.29 is 14.2 Å². The SMILES string of the molecule is CC(C)(C)CC(Oc1ccc(C(CC(C)(C)C)C(C)(C)C)cc1)OC1CCOCC1. The van der Waals surface area contributed by atoms with Gasteiger partial charge in [0.15, 0.2) is 0 Å². The summed E-state index contributed by atoms with van der Waals surface area (Å²) in [5.74, 6) is 1.40. The van der Waals surface area contributed by atoms with Crippen molar-refractivity contribution in [3.05, 3.63) is 29.8 Å². The minimum absolute atomic E-state index is 0.139. The first-order chi connectivity index (χ1) is 13.7. The number of hydrogen-bond donors (Lipinski definition) is 0. The molecule has 3 nitrogen and oxygen atoms in total. The molecule has 2 rings (SSSR count). The molecule has 30 heavy (non-hydrogen) atoms. The van der Waals surface area contributed by atoms with Crippen LogP contribution < -0.4 is 4.74 Å². The lowest BCUT2D eigenvalue weighted by atomic mass is 9.69. The van der Waals surface area contributed by atoms with Crippen molar-refractivity contribution in [3.8, 4) is 5.75 Å². The van der Waals surface area contributed by atoms with E-state index in [9.17, 15) is 0 Å². The van der Waals surface area contributed by atoms with Crippen molar-refractivity contribution in [2.24, 2.45) is 16.2 Å². The van der Waals surface area contributed by atoms with Gasteiger partial charge in [-0.25, -0.2) is 0 Å². The molecule has 0 N–H and O–H groups in total. The monoisotopic (exact) mass is 418 g/mol. The molecule has 1 aromatic rings. The molecule has 1 aliphatic heterocycles. The van der Waals surface area contributed by atoms with Crippen LogP contribution in [0.4, 0.5) is 0 Å². The summed E-state index contributed by atoms with van der Waals surface area (Å²) in [5, 5.41) is 0. The maximum atomic E-state index is 6.37. The second-order valence-electron chi connectivity index (χ2n) is 12.5. The zero-order chi connectivity index (χ0) is 22.6. The number of ether oxygens (including phenoxy) is 3.